The van der Waals surface area contributed by atoms with Crippen LogP contribution in [0.4, 0.5) is 0 Å². The number of ether oxygens (including phenoxy) is 1. The summed E-state index contributed by atoms with van der Waals surface area (Å²) in [7, 11) is 0. The third-order valence-electron chi connectivity index (χ3n) is 1.23. The third-order valence-corrected chi connectivity index (χ3v) is 1.63. The van der Waals surface area contributed by atoms with E-state index in [4.69, 9.17) is 4.74 Å². The normalized spacial score (nSPS) is 27.4. The van der Waals surface area contributed by atoms with Gasteiger partial charge in [-0.2, -0.15) is 12.6 Å². The molecular weight excluding hydrogens is 120 g/mol. The Morgan fingerprint density at radius 2 is 2.38 bits per heavy atom. The lowest BCUT2D eigenvalue weighted by molar-refractivity contribution is 0.129. The molecule has 1 aliphatic rings. The molecule has 1 rings (SSSR count). The molecule has 0 aromatic carbocycles. The SMILES string of the molecule is C.SC[C@H]1CCCO1. The van der Waals surface area contributed by atoms with Gasteiger partial charge in [-0.05, 0) is 12.8 Å². The van der Waals surface area contributed by atoms with E-state index in [-0.39, 0.29) is 7.43 Å². The summed E-state index contributed by atoms with van der Waals surface area (Å²) in [5.41, 5.74) is 0. The average molecular weight is 134 g/mol. The third kappa shape index (κ3) is 2.05. The van der Waals surface area contributed by atoms with E-state index in [1.54, 1.807) is 0 Å². The highest BCUT2D eigenvalue weighted by Gasteiger charge is 2.11. The van der Waals surface area contributed by atoms with Crippen molar-refractivity contribution in [3.8, 4) is 0 Å². The Morgan fingerprint density at radius 3 is 2.62 bits per heavy atom. The Labute approximate surface area is 56.8 Å². The van der Waals surface area contributed by atoms with Gasteiger partial charge in [0.05, 0.1) is 6.10 Å². The van der Waals surface area contributed by atoms with Crippen LogP contribution in [-0.2, 0) is 4.74 Å². The molecule has 2 heteroatoms. The molecule has 1 atom stereocenters. The summed E-state index contributed by atoms with van der Waals surface area (Å²) < 4.78 is 5.23. The van der Waals surface area contributed by atoms with Gasteiger partial charge in [-0.3, -0.25) is 0 Å². The number of hydrogen-bond acceptors (Lipinski definition) is 2. The molecule has 0 unspecified atom stereocenters. The van der Waals surface area contributed by atoms with Crippen molar-refractivity contribution in [1.82, 2.24) is 0 Å². The summed E-state index contributed by atoms with van der Waals surface area (Å²) in [6.45, 7) is 0.950. The van der Waals surface area contributed by atoms with Crippen LogP contribution in [0.25, 0.3) is 0 Å². The van der Waals surface area contributed by atoms with Gasteiger partial charge in [0.25, 0.3) is 0 Å². The van der Waals surface area contributed by atoms with E-state index in [1.165, 1.54) is 12.8 Å². The maximum atomic E-state index is 5.23. The lowest BCUT2D eigenvalue weighted by Gasteiger charge is -2.00. The van der Waals surface area contributed by atoms with Crippen LogP contribution in [0, 0.1) is 0 Å². The van der Waals surface area contributed by atoms with Crippen molar-refractivity contribution in [3.05, 3.63) is 0 Å². The van der Waals surface area contributed by atoms with Gasteiger partial charge in [0.2, 0.25) is 0 Å². The Hall–Kier alpha value is 0.310. The quantitative estimate of drug-likeness (QED) is 0.537. The van der Waals surface area contributed by atoms with E-state index in [0.29, 0.717) is 6.10 Å². The predicted molar refractivity (Wildman–Crippen MR) is 39.6 cm³/mol. The molecule has 1 aliphatic heterocycles. The van der Waals surface area contributed by atoms with E-state index in [1.807, 2.05) is 0 Å². The van der Waals surface area contributed by atoms with Gasteiger partial charge in [-0.1, -0.05) is 7.43 Å². The van der Waals surface area contributed by atoms with E-state index in [9.17, 15) is 0 Å². The van der Waals surface area contributed by atoms with Crippen LogP contribution in [0.1, 0.15) is 20.3 Å². The molecular formula is C6H14OS. The first kappa shape index (κ1) is 8.31. The first-order valence-corrected chi connectivity index (χ1v) is 3.29. The fraction of sp³-hybridized carbons (Fsp3) is 1.00. The molecule has 1 saturated heterocycles. The molecule has 8 heavy (non-hydrogen) atoms. The van der Waals surface area contributed by atoms with Gasteiger partial charge in [0, 0.05) is 12.4 Å². The highest BCUT2D eigenvalue weighted by atomic mass is 32.1. The lowest BCUT2D eigenvalue weighted by Crippen LogP contribution is -2.04. The number of rotatable bonds is 1. The summed E-state index contributed by atoms with van der Waals surface area (Å²) in [5.74, 6) is 0.889. The highest BCUT2D eigenvalue weighted by Crippen LogP contribution is 2.11. The van der Waals surface area contributed by atoms with Crippen LogP contribution in [0.2, 0.25) is 0 Å². The minimum Gasteiger partial charge on any atom is -0.377 e. The second kappa shape index (κ2) is 4.21. The van der Waals surface area contributed by atoms with Gasteiger partial charge in [0.1, 0.15) is 0 Å². The number of hydrogen-bond donors (Lipinski definition) is 1. The Balaban J connectivity index is 0.000000490. The molecule has 1 nitrogen and oxygen atoms in total. The summed E-state index contributed by atoms with van der Waals surface area (Å²) in [4.78, 5) is 0. The Morgan fingerprint density at radius 1 is 1.62 bits per heavy atom. The van der Waals surface area contributed by atoms with Gasteiger partial charge in [-0.25, -0.2) is 0 Å². The first-order valence-electron chi connectivity index (χ1n) is 2.66. The first-order chi connectivity index (χ1) is 3.43. The summed E-state index contributed by atoms with van der Waals surface area (Å²) in [5, 5.41) is 0. The molecule has 0 bridgehead atoms. The van der Waals surface area contributed by atoms with Crippen molar-refractivity contribution in [2.75, 3.05) is 12.4 Å². The zero-order valence-electron chi connectivity index (χ0n) is 4.26. The fourth-order valence-corrected chi connectivity index (χ4v) is 1.08. The maximum absolute atomic E-state index is 5.23. The minimum absolute atomic E-state index is 0. The van der Waals surface area contributed by atoms with Crippen molar-refractivity contribution in [3.63, 3.8) is 0 Å². The van der Waals surface area contributed by atoms with E-state index in [2.05, 4.69) is 12.6 Å². The van der Waals surface area contributed by atoms with Crippen molar-refractivity contribution >= 4 is 12.6 Å². The fourth-order valence-electron chi connectivity index (χ4n) is 0.788. The molecule has 0 spiro atoms. The summed E-state index contributed by atoms with van der Waals surface area (Å²) in [6.07, 6.45) is 2.90. The standard InChI is InChI=1S/C5H10OS.CH4/c7-4-5-2-1-3-6-5;/h5,7H,1-4H2;1H4/t5-;/m1./s1. The molecule has 0 aromatic heterocycles. The van der Waals surface area contributed by atoms with Gasteiger partial charge in [0.15, 0.2) is 0 Å². The van der Waals surface area contributed by atoms with Gasteiger partial charge >= 0.3 is 0 Å². The van der Waals surface area contributed by atoms with Crippen LogP contribution in [-0.4, -0.2) is 18.5 Å². The van der Waals surface area contributed by atoms with Crippen LogP contribution < -0.4 is 0 Å². The molecule has 0 saturated carbocycles. The smallest absolute Gasteiger partial charge is 0.0663 e. The minimum atomic E-state index is 0. The maximum Gasteiger partial charge on any atom is 0.0663 e. The topological polar surface area (TPSA) is 9.23 Å². The largest absolute Gasteiger partial charge is 0.377 e. The van der Waals surface area contributed by atoms with Crippen molar-refractivity contribution in [2.24, 2.45) is 0 Å². The molecule has 0 radical (unpaired) electrons. The van der Waals surface area contributed by atoms with Crippen molar-refractivity contribution < 1.29 is 4.74 Å². The number of thiol groups is 1. The molecule has 50 valence electrons. The van der Waals surface area contributed by atoms with E-state index < -0.39 is 0 Å². The zero-order valence-corrected chi connectivity index (χ0v) is 5.16. The van der Waals surface area contributed by atoms with Crippen LogP contribution in [0.15, 0.2) is 0 Å². The Kier molecular flexibility index (Phi) is 4.38. The summed E-state index contributed by atoms with van der Waals surface area (Å²) in [6, 6.07) is 0. The van der Waals surface area contributed by atoms with Crippen molar-refractivity contribution in [2.45, 2.75) is 26.4 Å². The Bertz CT molecular complexity index is 50.5. The van der Waals surface area contributed by atoms with E-state index >= 15 is 0 Å². The van der Waals surface area contributed by atoms with Crippen molar-refractivity contribution in [1.29, 1.82) is 0 Å². The van der Waals surface area contributed by atoms with E-state index in [0.717, 1.165) is 12.4 Å². The predicted octanol–water partition coefficient (Wildman–Crippen LogP) is 1.73. The summed E-state index contributed by atoms with van der Waals surface area (Å²) >= 11 is 4.09. The highest BCUT2D eigenvalue weighted by molar-refractivity contribution is 7.80. The molecule has 1 heterocycles. The lowest BCUT2D eigenvalue weighted by atomic mass is 10.3. The van der Waals surface area contributed by atoms with Gasteiger partial charge in [-0.15, -0.1) is 0 Å². The zero-order chi connectivity index (χ0) is 5.11. The molecule has 0 amide bonds. The monoisotopic (exact) mass is 134 g/mol. The molecule has 1 fully saturated rings. The molecule has 0 N–H and O–H groups in total. The van der Waals surface area contributed by atoms with Crippen LogP contribution >= 0.6 is 12.6 Å². The molecule has 0 aliphatic carbocycles. The van der Waals surface area contributed by atoms with Crippen LogP contribution in [0.3, 0.4) is 0 Å². The van der Waals surface area contributed by atoms with Gasteiger partial charge < -0.3 is 4.74 Å². The molecule has 0 aromatic rings. The van der Waals surface area contributed by atoms with Crippen LogP contribution in [0.5, 0.6) is 0 Å². The second-order valence-corrected chi connectivity index (χ2v) is 2.18. The average Bonchev–Trinajstić information content (AvgIpc) is 2.14. The second-order valence-electron chi connectivity index (χ2n) is 1.82.